The fraction of sp³-hybridized carbons (Fsp3) is 0.615. The summed E-state index contributed by atoms with van der Waals surface area (Å²) < 4.78 is 42.6. The highest BCUT2D eigenvalue weighted by Gasteiger charge is 2.44. The summed E-state index contributed by atoms with van der Waals surface area (Å²) in [7, 11) is 3.77. The number of hydrogen-bond donors (Lipinski definition) is 1. The molecule has 1 aliphatic rings. The van der Waals surface area contributed by atoms with Crippen molar-refractivity contribution in [3.63, 3.8) is 0 Å². The molecule has 1 aromatic rings. The van der Waals surface area contributed by atoms with Gasteiger partial charge < -0.3 is 19.5 Å². The number of amides is 1. The van der Waals surface area contributed by atoms with Crippen molar-refractivity contribution < 1.29 is 22.7 Å². The summed E-state index contributed by atoms with van der Waals surface area (Å²) in [6.45, 7) is 0.209. The molecule has 1 atom stereocenters. The quantitative estimate of drug-likeness (QED) is 0.920. The standard InChI is InChI=1S/C13H18F3N3O2/c1-18(2)7-9-3-4-10(17-9)12(20)19-5-6-21-11(8-19)13(14,15)16/h3-4,11,17H,5-8H2,1-2H3. The SMILES string of the molecule is CN(C)Cc1ccc(C(=O)N2CCOC(C(F)(F)F)C2)[nH]1. The molecule has 1 amide bonds. The van der Waals surface area contributed by atoms with Crippen LogP contribution < -0.4 is 0 Å². The van der Waals surface area contributed by atoms with Gasteiger partial charge in [-0.3, -0.25) is 4.79 Å². The topological polar surface area (TPSA) is 48.6 Å². The zero-order valence-corrected chi connectivity index (χ0v) is 11.9. The van der Waals surface area contributed by atoms with Crippen molar-refractivity contribution in [1.82, 2.24) is 14.8 Å². The fourth-order valence-electron chi connectivity index (χ4n) is 2.20. The minimum atomic E-state index is -4.45. The Kier molecular flexibility index (Phi) is 4.58. The highest BCUT2D eigenvalue weighted by molar-refractivity contribution is 5.92. The van der Waals surface area contributed by atoms with Crippen LogP contribution in [0.1, 0.15) is 16.2 Å². The zero-order chi connectivity index (χ0) is 15.6. The monoisotopic (exact) mass is 305 g/mol. The normalized spacial score (nSPS) is 20.1. The van der Waals surface area contributed by atoms with Crippen molar-refractivity contribution in [3.05, 3.63) is 23.5 Å². The number of H-pyrrole nitrogens is 1. The number of nitrogens with one attached hydrogen (secondary N) is 1. The first-order valence-electron chi connectivity index (χ1n) is 6.57. The number of aromatic nitrogens is 1. The Labute approximate surface area is 120 Å². The van der Waals surface area contributed by atoms with Crippen LogP contribution in [0.4, 0.5) is 13.2 Å². The predicted molar refractivity (Wildman–Crippen MR) is 69.9 cm³/mol. The van der Waals surface area contributed by atoms with E-state index in [4.69, 9.17) is 0 Å². The Hall–Kier alpha value is -1.54. The molecule has 0 radical (unpaired) electrons. The summed E-state index contributed by atoms with van der Waals surface area (Å²) in [6.07, 6.45) is -6.36. The first-order chi connectivity index (χ1) is 9.77. The number of morpholine rings is 1. The molecule has 0 saturated carbocycles. The van der Waals surface area contributed by atoms with Crippen LogP contribution in [0.2, 0.25) is 0 Å². The molecule has 0 bridgehead atoms. The third kappa shape index (κ3) is 3.98. The van der Waals surface area contributed by atoms with Gasteiger partial charge in [0.25, 0.3) is 5.91 Å². The Morgan fingerprint density at radius 3 is 2.81 bits per heavy atom. The number of ether oxygens (including phenoxy) is 1. The lowest BCUT2D eigenvalue weighted by Gasteiger charge is -2.33. The lowest BCUT2D eigenvalue weighted by atomic mass is 10.2. The fourth-order valence-corrected chi connectivity index (χ4v) is 2.20. The van der Waals surface area contributed by atoms with Gasteiger partial charge in [-0.1, -0.05) is 0 Å². The second-order valence-corrected chi connectivity index (χ2v) is 5.29. The summed E-state index contributed by atoms with van der Waals surface area (Å²) in [5.41, 5.74) is 1.14. The van der Waals surface area contributed by atoms with Gasteiger partial charge in [0.1, 0.15) is 5.69 Å². The highest BCUT2D eigenvalue weighted by Crippen LogP contribution is 2.26. The zero-order valence-electron chi connectivity index (χ0n) is 11.9. The Morgan fingerprint density at radius 2 is 2.19 bits per heavy atom. The third-order valence-electron chi connectivity index (χ3n) is 3.18. The van der Waals surface area contributed by atoms with Gasteiger partial charge in [-0.25, -0.2) is 0 Å². The van der Waals surface area contributed by atoms with Crippen LogP contribution in [0.5, 0.6) is 0 Å². The number of carbonyl (C=O) groups excluding carboxylic acids is 1. The lowest BCUT2D eigenvalue weighted by Crippen LogP contribution is -2.51. The van der Waals surface area contributed by atoms with Crippen molar-refractivity contribution >= 4 is 5.91 Å². The first-order valence-corrected chi connectivity index (χ1v) is 6.57. The van der Waals surface area contributed by atoms with Crippen LogP contribution in [0.25, 0.3) is 0 Å². The second kappa shape index (κ2) is 6.07. The minimum absolute atomic E-state index is 0.110. The van der Waals surface area contributed by atoms with Crippen molar-refractivity contribution in [2.75, 3.05) is 33.8 Å². The summed E-state index contributed by atoms with van der Waals surface area (Å²) in [4.78, 5) is 18.3. The van der Waals surface area contributed by atoms with E-state index in [9.17, 15) is 18.0 Å². The molecule has 0 aromatic carbocycles. The molecular formula is C13H18F3N3O2. The lowest BCUT2D eigenvalue weighted by molar-refractivity contribution is -0.233. The molecule has 1 saturated heterocycles. The average Bonchev–Trinajstić information content (AvgIpc) is 2.84. The number of halogens is 3. The molecule has 2 heterocycles. The molecule has 118 valence electrons. The van der Waals surface area contributed by atoms with E-state index >= 15 is 0 Å². The average molecular weight is 305 g/mol. The van der Waals surface area contributed by atoms with Gasteiger partial charge in [0.05, 0.1) is 13.2 Å². The van der Waals surface area contributed by atoms with Crippen LogP contribution in [-0.2, 0) is 11.3 Å². The second-order valence-electron chi connectivity index (χ2n) is 5.29. The van der Waals surface area contributed by atoms with Crippen LogP contribution in [-0.4, -0.2) is 66.8 Å². The Morgan fingerprint density at radius 1 is 1.48 bits per heavy atom. The summed E-state index contributed by atoms with van der Waals surface area (Å²) in [5, 5.41) is 0. The van der Waals surface area contributed by atoms with E-state index in [1.54, 1.807) is 12.1 Å². The molecule has 8 heteroatoms. The summed E-state index contributed by atoms with van der Waals surface area (Å²) in [5.74, 6) is -0.433. The van der Waals surface area contributed by atoms with Crippen LogP contribution in [0, 0.1) is 0 Å². The minimum Gasteiger partial charge on any atom is -0.365 e. The third-order valence-corrected chi connectivity index (χ3v) is 3.18. The number of rotatable bonds is 3. The predicted octanol–water partition coefficient (Wildman–Crippen LogP) is 1.48. The van der Waals surface area contributed by atoms with Gasteiger partial charge in [0.15, 0.2) is 6.10 Å². The number of alkyl halides is 3. The van der Waals surface area contributed by atoms with E-state index in [1.165, 1.54) is 4.90 Å². The van der Waals surface area contributed by atoms with Crippen molar-refractivity contribution in [2.24, 2.45) is 0 Å². The summed E-state index contributed by atoms with van der Waals surface area (Å²) >= 11 is 0. The maximum atomic E-state index is 12.7. The van der Waals surface area contributed by atoms with Crippen LogP contribution in [0.15, 0.2) is 12.1 Å². The molecule has 0 spiro atoms. The van der Waals surface area contributed by atoms with E-state index < -0.39 is 24.7 Å². The van der Waals surface area contributed by atoms with Gasteiger partial charge in [0, 0.05) is 18.8 Å². The smallest absolute Gasteiger partial charge is 0.365 e. The van der Waals surface area contributed by atoms with Gasteiger partial charge in [-0.05, 0) is 26.2 Å². The number of nitrogens with zero attached hydrogens (tertiary/aromatic N) is 2. The molecular weight excluding hydrogens is 287 g/mol. The molecule has 1 N–H and O–H groups in total. The maximum Gasteiger partial charge on any atom is 0.416 e. The molecule has 5 nitrogen and oxygen atoms in total. The Bertz CT molecular complexity index is 499. The van der Waals surface area contributed by atoms with Gasteiger partial charge in [0.2, 0.25) is 0 Å². The first kappa shape index (κ1) is 15.8. The summed E-state index contributed by atoms with van der Waals surface area (Å²) in [6, 6.07) is 3.36. The Balaban J connectivity index is 2.04. The highest BCUT2D eigenvalue weighted by atomic mass is 19.4. The largest absolute Gasteiger partial charge is 0.416 e. The molecule has 1 fully saturated rings. The van der Waals surface area contributed by atoms with Gasteiger partial charge >= 0.3 is 6.18 Å². The van der Waals surface area contributed by atoms with Crippen LogP contribution >= 0.6 is 0 Å². The van der Waals surface area contributed by atoms with Crippen LogP contribution in [0.3, 0.4) is 0 Å². The van der Waals surface area contributed by atoms with E-state index in [-0.39, 0.29) is 13.2 Å². The van der Waals surface area contributed by atoms with Crippen molar-refractivity contribution in [3.8, 4) is 0 Å². The van der Waals surface area contributed by atoms with Gasteiger partial charge in [-0.2, -0.15) is 13.2 Å². The van der Waals surface area contributed by atoms with E-state index in [2.05, 4.69) is 9.72 Å². The molecule has 1 aromatic heterocycles. The number of hydrogen-bond acceptors (Lipinski definition) is 3. The molecule has 1 aliphatic heterocycles. The molecule has 21 heavy (non-hydrogen) atoms. The number of carbonyl (C=O) groups is 1. The molecule has 1 unspecified atom stereocenters. The van der Waals surface area contributed by atoms with Gasteiger partial charge in [-0.15, -0.1) is 0 Å². The van der Waals surface area contributed by atoms with E-state index in [1.807, 2.05) is 19.0 Å². The van der Waals surface area contributed by atoms with Crippen molar-refractivity contribution in [2.45, 2.75) is 18.8 Å². The maximum absolute atomic E-state index is 12.7. The number of aromatic amines is 1. The molecule has 2 rings (SSSR count). The van der Waals surface area contributed by atoms with E-state index in [0.29, 0.717) is 12.2 Å². The molecule has 0 aliphatic carbocycles. The van der Waals surface area contributed by atoms with E-state index in [0.717, 1.165) is 5.69 Å². The van der Waals surface area contributed by atoms with Crippen molar-refractivity contribution in [1.29, 1.82) is 0 Å².